The molecule has 1 N–H and O–H groups in total. The molecule has 0 saturated heterocycles. The number of hydrogen-bond acceptors (Lipinski definition) is 4. The van der Waals surface area contributed by atoms with Crippen LogP contribution in [-0.4, -0.2) is 44.3 Å². The number of hydrogen-bond donors (Lipinski definition) is 1. The van der Waals surface area contributed by atoms with E-state index in [1.54, 1.807) is 42.5 Å². The van der Waals surface area contributed by atoms with Gasteiger partial charge in [0.05, 0.1) is 10.6 Å². The van der Waals surface area contributed by atoms with Gasteiger partial charge >= 0.3 is 0 Å². The minimum Gasteiger partial charge on any atom is -0.354 e. The Labute approximate surface area is 294 Å². The minimum absolute atomic E-state index is 0.0488. The second-order valence-corrected chi connectivity index (χ2v) is 14.8. The van der Waals surface area contributed by atoms with Gasteiger partial charge in [0.2, 0.25) is 11.8 Å². The summed E-state index contributed by atoms with van der Waals surface area (Å²) < 4.78 is 29.7. The van der Waals surface area contributed by atoms with E-state index >= 15 is 0 Å². The Balaban J connectivity index is 1.83. The van der Waals surface area contributed by atoms with Crippen molar-refractivity contribution in [3.05, 3.63) is 129 Å². The van der Waals surface area contributed by atoms with Crippen LogP contribution in [0.1, 0.15) is 61.8 Å². The fourth-order valence-corrected chi connectivity index (χ4v) is 7.24. The summed E-state index contributed by atoms with van der Waals surface area (Å²) in [5.74, 6) is -0.706. The van der Waals surface area contributed by atoms with Crippen molar-refractivity contribution < 1.29 is 18.0 Å². The highest BCUT2D eigenvalue weighted by Crippen LogP contribution is 2.30. The first kappa shape index (κ1) is 37.0. The van der Waals surface area contributed by atoms with Crippen LogP contribution in [0.3, 0.4) is 0 Å². The fraction of sp³-hybridized carbons (Fsp3) is 0.316. The lowest BCUT2D eigenvalue weighted by Gasteiger charge is -2.34. The van der Waals surface area contributed by atoms with Crippen LogP contribution in [0.5, 0.6) is 0 Å². The Bertz CT molecular complexity index is 1760. The Kier molecular flexibility index (Phi) is 13.1. The zero-order valence-electron chi connectivity index (χ0n) is 27.8. The number of benzene rings is 4. The van der Waals surface area contributed by atoms with Gasteiger partial charge in [-0.05, 0) is 66.8 Å². The van der Waals surface area contributed by atoms with Crippen molar-refractivity contribution in [2.45, 2.75) is 70.4 Å². The molecule has 7 nitrogen and oxygen atoms in total. The molecule has 0 bridgehead atoms. The molecule has 0 aliphatic rings. The zero-order chi connectivity index (χ0) is 34.8. The maximum atomic E-state index is 14.7. The normalized spacial score (nSPS) is 12.1. The van der Waals surface area contributed by atoms with Gasteiger partial charge in [0.1, 0.15) is 12.6 Å². The number of carbonyl (C=O) groups is 2. The monoisotopic (exact) mass is 707 g/mol. The van der Waals surface area contributed by atoms with Crippen molar-refractivity contribution in [2.75, 3.05) is 17.4 Å². The molecule has 0 radical (unpaired) electrons. The third-order valence-electron chi connectivity index (χ3n) is 8.23. The Morgan fingerprint density at radius 1 is 0.833 bits per heavy atom. The van der Waals surface area contributed by atoms with Crippen LogP contribution >= 0.6 is 23.2 Å². The highest BCUT2D eigenvalue weighted by atomic mass is 35.5. The van der Waals surface area contributed by atoms with E-state index in [0.29, 0.717) is 27.8 Å². The molecule has 10 heteroatoms. The van der Waals surface area contributed by atoms with Crippen molar-refractivity contribution in [3.63, 3.8) is 0 Å². The third-order valence-corrected chi connectivity index (χ3v) is 10.7. The van der Waals surface area contributed by atoms with Gasteiger partial charge < -0.3 is 10.2 Å². The van der Waals surface area contributed by atoms with E-state index in [1.165, 1.54) is 17.0 Å². The molecule has 4 rings (SSSR count). The van der Waals surface area contributed by atoms with Crippen molar-refractivity contribution in [1.82, 2.24) is 10.2 Å². The molecule has 0 aliphatic carbocycles. The lowest BCUT2D eigenvalue weighted by Crippen LogP contribution is -2.53. The molecule has 0 spiro atoms. The SMILES string of the molecule is CCCCNC(=O)C(Cc1ccccc1)N(Cc1c(Cl)cccc1Cl)C(=O)CN(c1ccc(C(C)C)cc1)S(=O)(=O)c1ccc(C)cc1. The number of anilines is 1. The predicted molar refractivity (Wildman–Crippen MR) is 195 cm³/mol. The summed E-state index contributed by atoms with van der Waals surface area (Å²) in [7, 11) is -4.21. The number of sulfonamides is 1. The topological polar surface area (TPSA) is 86.8 Å². The molecule has 1 unspecified atom stereocenters. The van der Waals surface area contributed by atoms with Gasteiger partial charge in [-0.1, -0.05) is 117 Å². The van der Waals surface area contributed by atoms with Crippen LogP contribution in [0, 0.1) is 6.92 Å². The average molecular weight is 709 g/mol. The van der Waals surface area contributed by atoms with E-state index in [-0.39, 0.29) is 29.7 Å². The predicted octanol–water partition coefficient (Wildman–Crippen LogP) is 8.18. The highest BCUT2D eigenvalue weighted by molar-refractivity contribution is 7.92. The fourth-order valence-electron chi connectivity index (χ4n) is 5.31. The van der Waals surface area contributed by atoms with Crippen LogP contribution in [0.15, 0.2) is 102 Å². The standard InChI is InChI=1S/C38H43Cl2N3O4S/c1-5-6-23-41-38(45)36(24-29-11-8-7-9-12-29)42(25-33-34(39)13-10-14-35(33)40)37(44)26-43(31-19-17-30(18-20-31)27(2)3)48(46,47)32-21-15-28(4)16-22-32/h7-22,27,36H,5-6,23-26H2,1-4H3,(H,41,45). The number of nitrogens with one attached hydrogen (secondary N) is 1. The average Bonchev–Trinajstić information content (AvgIpc) is 3.07. The quantitative estimate of drug-likeness (QED) is 0.126. The molecule has 0 aliphatic heterocycles. The van der Waals surface area contributed by atoms with Crippen LogP contribution in [-0.2, 0) is 32.6 Å². The van der Waals surface area contributed by atoms with E-state index in [1.807, 2.05) is 56.3 Å². The van der Waals surface area contributed by atoms with Gasteiger partial charge in [0.25, 0.3) is 10.0 Å². The van der Waals surface area contributed by atoms with Gasteiger partial charge in [-0.2, -0.15) is 0 Å². The summed E-state index contributed by atoms with van der Waals surface area (Å²) in [6.07, 6.45) is 1.84. The van der Waals surface area contributed by atoms with Crippen LogP contribution in [0.2, 0.25) is 10.0 Å². The summed E-state index contributed by atoms with van der Waals surface area (Å²) in [4.78, 5) is 30.1. The van der Waals surface area contributed by atoms with Gasteiger partial charge in [0, 0.05) is 35.1 Å². The lowest BCUT2D eigenvalue weighted by atomic mass is 10.0. The van der Waals surface area contributed by atoms with E-state index in [2.05, 4.69) is 19.2 Å². The summed E-state index contributed by atoms with van der Waals surface area (Å²) in [5.41, 5.74) is 3.56. The first-order chi connectivity index (χ1) is 22.9. The molecule has 0 heterocycles. The summed E-state index contributed by atoms with van der Waals surface area (Å²) in [5, 5.41) is 3.65. The number of halogens is 2. The molecular formula is C38H43Cl2N3O4S. The number of unbranched alkanes of at least 4 members (excludes halogenated alkanes) is 1. The van der Waals surface area contributed by atoms with E-state index in [0.717, 1.165) is 33.8 Å². The van der Waals surface area contributed by atoms with Crippen molar-refractivity contribution in [2.24, 2.45) is 0 Å². The maximum Gasteiger partial charge on any atom is 0.264 e. The molecule has 48 heavy (non-hydrogen) atoms. The lowest BCUT2D eigenvalue weighted by molar-refractivity contribution is -0.140. The Hall–Kier alpha value is -3.85. The first-order valence-corrected chi connectivity index (χ1v) is 18.3. The maximum absolute atomic E-state index is 14.7. The number of carbonyl (C=O) groups excluding carboxylic acids is 2. The molecule has 0 fully saturated rings. The molecule has 4 aromatic carbocycles. The first-order valence-electron chi connectivity index (χ1n) is 16.2. The summed E-state index contributed by atoms with van der Waals surface area (Å²) in [6.45, 7) is 7.77. The number of amides is 2. The smallest absolute Gasteiger partial charge is 0.264 e. The summed E-state index contributed by atoms with van der Waals surface area (Å²) in [6, 6.07) is 27.1. The molecule has 254 valence electrons. The zero-order valence-corrected chi connectivity index (χ0v) is 30.2. The van der Waals surface area contributed by atoms with Crippen molar-refractivity contribution in [1.29, 1.82) is 0 Å². The van der Waals surface area contributed by atoms with Crippen molar-refractivity contribution in [3.8, 4) is 0 Å². The van der Waals surface area contributed by atoms with Crippen LogP contribution in [0.4, 0.5) is 5.69 Å². The molecule has 1 atom stereocenters. The van der Waals surface area contributed by atoms with E-state index < -0.39 is 28.5 Å². The second kappa shape index (κ2) is 17.0. The van der Waals surface area contributed by atoms with Crippen molar-refractivity contribution >= 4 is 50.7 Å². The Morgan fingerprint density at radius 3 is 2.04 bits per heavy atom. The number of rotatable bonds is 15. The van der Waals surface area contributed by atoms with Crippen LogP contribution < -0.4 is 9.62 Å². The summed E-state index contributed by atoms with van der Waals surface area (Å²) >= 11 is 13.2. The number of nitrogens with zero attached hydrogens (tertiary/aromatic N) is 2. The molecular weight excluding hydrogens is 665 g/mol. The van der Waals surface area contributed by atoms with Gasteiger partial charge in [0.15, 0.2) is 0 Å². The largest absolute Gasteiger partial charge is 0.354 e. The van der Waals surface area contributed by atoms with Gasteiger partial charge in [-0.3, -0.25) is 13.9 Å². The molecule has 4 aromatic rings. The molecule has 0 saturated carbocycles. The second-order valence-electron chi connectivity index (χ2n) is 12.1. The minimum atomic E-state index is -4.21. The molecule has 0 aromatic heterocycles. The van der Waals surface area contributed by atoms with Crippen LogP contribution in [0.25, 0.3) is 0 Å². The Morgan fingerprint density at radius 2 is 1.46 bits per heavy atom. The van der Waals surface area contributed by atoms with E-state index in [4.69, 9.17) is 23.2 Å². The highest BCUT2D eigenvalue weighted by Gasteiger charge is 2.35. The third kappa shape index (κ3) is 9.40. The van der Waals surface area contributed by atoms with Gasteiger partial charge in [-0.15, -0.1) is 0 Å². The van der Waals surface area contributed by atoms with Gasteiger partial charge in [-0.25, -0.2) is 8.42 Å². The van der Waals surface area contributed by atoms with E-state index in [9.17, 15) is 18.0 Å². The number of aryl methyl sites for hydroxylation is 1. The molecule has 2 amide bonds.